The fourth-order valence-corrected chi connectivity index (χ4v) is 3.61. The summed E-state index contributed by atoms with van der Waals surface area (Å²) >= 11 is 0. The van der Waals surface area contributed by atoms with Gasteiger partial charge in [-0.25, -0.2) is 24.9 Å². The zero-order chi connectivity index (χ0) is 21.5. The number of benzene rings is 2. The zero-order valence-electron chi connectivity index (χ0n) is 18.0. The maximum absolute atomic E-state index is 4.76. The van der Waals surface area contributed by atoms with Gasteiger partial charge in [0.2, 0.25) is 11.9 Å². The minimum Gasteiger partial charge on any atom is -0.378 e. The molecule has 5 rings (SSSR count). The molecule has 0 spiro atoms. The Bertz CT molecular complexity index is 1160. The molecule has 31 heavy (non-hydrogen) atoms. The van der Waals surface area contributed by atoms with Crippen molar-refractivity contribution < 1.29 is 0 Å². The molecule has 2 aromatic rings. The van der Waals surface area contributed by atoms with E-state index in [2.05, 4.69) is 80.5 Å². The molecule has 2 aromatic carbocycles. The van der Waals surface area contributed by atoms with Crippen LogP contribution in [0.25, 0.3) is 5.70 Å². The molecule has 3 aliphatic heterocycles. The predicted molar refractivity (Wildman–Crippen MR) is 129 cm³/mol. The second-order valence-electron chi connectivity index (χ2n) is 7.90. The average Bonchev–Trinajstić information content (AvgIpc) is 2.79. The van der Waals surface area contributed by atoms with E-state index < -0.39 is 0 Å². The van der Waals surface area contributed by atoms with Crippen LogP contribution < -0.4 is 9.80 Å². The Labute approximate surface area is 181 Å². The van der Waals surface area contributed by atoms with Crippen LogP contribution in [0.1, 0.15) is 11.1 Å². The van der Waals surface area contributed by atoms with Gasteiger partial charge in [0, 0.05) is 50.7 Å². The monoisotopic (exact) mass is 409 g/mol. The van der Waals surface area contributed by atoms with Crippen LogP contribution in [-0.4, -0.2) is 57.1 Å². The van der Waals surface area contributed by atoms with Crippen LogP contribution in [0.15, 0.2) is 86.3 Å². The Kier molecular flexibility index (Phi) is 4.51. The summed E-state index contributed by atoms with van der Waals surface area (Å²) in [6.45, 7) is 0. The molecule has 0 saturated heterocycles. The van der Waals surface area contributed by atoms with Crippen molar-refractivity contribution >= 4 is 41.0 Å². The first-order valence-corrected chi connectivity index (χ1v) is 10.1. The normalized spacial score (nSPS) is 16.5. The molecule has 0 unspecified atom stereocenters. The van der Waals surface area contributed by atoms with Crippen molar-refractivity contribution in [2.45, 2.75) is 0 Å². The topological polar surface area (TPSA) is 59.2 Å². The average molecular weight is 409 g/mol. The van der Waals surface area contributed by atoms with Gasteiger partial charge in [0.05, 0.1) is 17.1 Å². The summed E-state index contributed by atoms with van der Waals surface area (Å²) < 4.78 is 0. The quantitative estimate of drug-likeness (QED) is 0.775. The summed E-state index contributed by atoms with van der Waals surface area (Å²) in [6.07, 6.45) is 5.64. The molecule has 3 heterocycles. The van der Waals surface area contributed by atoms with E-state index in [0.29, 0.717) is 11.9 Å². The molecule has 7 heteroatoms. The summed E-state index contributed by atoms with van der Waals surface area (Å²) in [7, 11) is 8.12. The molecule has 0 aliphatic carbocycles. The van der Waals surface area contributed by atoms with Gasteiger partial charge >= 0.3 is 0 Å². The minimum atomic E-state index is 0.580. The summed E-state index contributed by atoms with van der Waals surface area (Å²) in [4.78, 5) is 24.3. The molecule has 0 radical (unpaired) electrons. The highest BCUT2D eigenvalue weighted by atomic mass is 15.4. The molecule has 3 aliphatic rings. The molecular weight excluding hydrogens is 386 g/mol. The molecule has 0 fully saturated rings. The second-order valence-corrected chi connectivity index (χ2v) is 7.90. The molecule has 7 nitrogen and oxygen atoms in total. The number of rotatable bonds is 4. The van der Waals surface area contributed by atoms with Gasteiger partial charge in [-0.1, -0.05) is 24.3 Å². The van der Waals surface area contributed by atoms with E-state index in [-0.39, 0.29) is 0 Å². The summed E-state index contributed by atoms with van der Waals surface area (Å²) in [6, 6.07) is 16.7. The van der Waals surface area contributed by atoms with Crippen LogP contribution in [0.4, 0.5) is 11.4 Å². The number of hydrogen-bond donors (Lipinski definition) is 0. The molecular formula is C24H23N7. The van der Waals surface area contributed by atoms with E-state index in [4.69, 9.17) is 9.98 Å². The number of anilines is 2. The van der Waals surface area contributed by atoms with Crippen molar-refractivity contribution in [3.8, 4) is 0 Å². The van der Waals surface area contributed by atoms with Crippen LogP contribution in [0.2, 0.25) is 0 Å². The molecule has 0 bridgehead atoms. The Balaban J connectivity index is 1.55. The van der Waals surface area contributed by atoms with Crippen LogP contribution in [0.3, 0.4) is 0 Å². The van der Waals surface area contributed by atoms with Gasteiger partial charge in [0.15, 0.2) is 0 Å². The lowest BCUT2D eigenvalue weighted by molar-refractivity contribution is 0.738. The van der Waals surface area contributed by atoms with Crippen molar-refractivity contribution in [3.05, 3.63) is 77.5 Å². The molecule has 0 aromatic heterocycles. The van der Waals surface area contributed by atoms with Crippen LogP contribution in [0.5, 0.6) is 0 Å². The second kappa shape index (κ2) is 7.36. The third kappa shape index (κ3) is 3.44. The smallest absolute Gasteiger partial charge is 0.239 e. The highest BCUT2D eigenvalue weighted by Gasteiger charge is 2.30. The van der Waals surface area contributed by atoms with Crippen molar-refractivity contribution in [1.29, 1.82) is 0 Å². The lowest BCUT2D eigenvalue weighted by Gasteiger charge is -2.31. The number of nitrogens with zero attached hydrogens (tertiary/aromatic N) is 7. The fourth-order valence-electron chi connectivity index (χ4n) is 3.61. The third-order valence-corrected chi connectivity index (χ3v) is 5.37. The van der Waals surface area contributed by atoms with Gasteiger partial charge in [-0.2, -0.15) is 0 Å². The van der Waals surface area contributed by atoms with Crippen molar-refractivity contribution in [1.82, 2.24) is 4.90 Å². The maximum Gasteiger partial charge on any atom is 0.239 e. The lowest BCUT2D eigenvalue weighted by Crippen LogP contribution is -2.40. The molecule has 154 valence electrons. The van der Waals surface area contributed by atoms with E-state index in [1.165, 1.54) is 6.34 Å². The first kappa shape index (κ1) is 19.0. The first-order valence-electron chi connectivity index (χ1n) is 10.1. The van der Waals surface area contributed by atoms with Gasteiger partial charge in [0.25, 0.3) is 0 Å². The largest absolute Gasteiger partial charge is 0.378 e. The fraction of sp³-hybridized carbons (Fsp3) is 0.167. The van der Waals surface area contributed by atoms with Crippen molar-refractivity contribution in [2.75, 3.05) is 38.0 Å². The van der Waals surface area contributed by atoms with E-state index in [9.17, 15) is 0 Å². The van der Waals surface area contributed by atoms with E-state index in [1.807, 2.05) is 33.1 Å². The summed E-state index contributed by atoms with van der Waals surface area (Å²) in [5, 5.41) is 0. The summed E-state index contributed by atoms with van der Waals surface area (Å²) in [5.41, 5.74) is 7.05. The Morgan fingerprint density at radius 3 is 1.90 bits per heavy atom. The summed E-state index contributed by atoms with van der Waals surface area (Å²) in [5.74, 6) is 1.16. The van der Waals surface area contributed by atoms with Crippen LogP contribution >= 0.6 is 0 Å². The number of hydrogen-bond acceptors (Lipinski definition) is 7. The van der Waals surface area contributed by atoms with E-state index in [1.54, 1.807) is 0 Å². The molecule has 0 atom stereocenters. The first-order chi connectivity index (χ1) is 15.0. The highest BCUT2D eigenvalue weighted by Crippen LogP contribution is 2.31. The highest BCUT2D eigenvalue weighted by molar-refractivity contribution is 6.22. The maximum atomic E-state index is 4.76. The Morgan fingerprint density at radius 1 is 0.677 bits per heavy atom. The Hall–Kier alpha value is -4.00. The van der Waals surface area contributed by atoms with Gasteiger partial charge < -0.3 is 9.80 Å². The lowest BCUT2D eigenvalue weighted by atomic mass is 10.0. The van der Waals surface area contributed by atoms with E-state index in [0.717, 1.165) is 39.6 Å². The van der Waals surface area contributed by atoms with Gasteiger partial charge in [-0.05, 0) is 36.4 Å². The van der Waals surface area contributed by atoms with Crippen LogP contribution in [0, 0.1) is 0 Å². The predicted octanol–water partition coefficient (Wildman–Crippen LogP) is 3.62. The number of guanidine groups is 2. The van der Waals surface area contributed by atoms with Crippen LogP contribution in [-0.2, 0) is 0 Å². The van der Waals surface area contributed by atoms with E-state index >= 15 is 0 Å². The molecule has 0 amide bonds. The minimum absolute atomic E-state index is 0.580. The van der Waals surface area contributed by atoms with Crippen molar-refractivity contribution in [3.63, 3.8) is 0 Å². The van der Waals surface area contributed by atoms with Gasteiger partial charge in [0.1, 0.15) is 6.34 Å². The Morgan fingerprint density at radius 2 is 1.29 bits per heavy atom. The van der Waals surface area contributed by atoms with Gasteiger partial charge in [-0.3, -0.25) is 0 Å². The standard InChI is InChI=1S/C24H23N7/c1-29(2)18-9-5-16(6-10-18)21-13-20-14-22(17-7-11-19(12-8-17)30(3)4)28-24-26-15-25-23(27-21)31(20)24/h5-15H,1-4H3. The third-order valence-electron chi connectivity index (χ3n) is 5.37. The zero-order valence-corrected chi connectivity index (χ0v) is 18.0. The number of aliphatic imine (C=N–C) groups is 4. The molecule has 0 saturated carbocycles. The number of allylic oxidation sites excluding steroid dienone is 2. The SMILES string of the molecule is CN(C)c1ccc(C2=CC3=CC(c4ccc(N(C)C)cc4)=NC4=NC=NC(=N2)N34)cc1. The van der Waals surface area contributed by atoms with Gasteiger partial charge in [-0.15, -0.1) is 0 Å². The van der Waals surface area contributed by atoms with Crippen molar-refractivity contribution in [2.24, 2.45) is 20.0 Å². The molecule has 0 N–H and O–H groups in total.